The van der Waals surface area contributed by atoms with Crippen LogP contribution in [0.15, 0.2) is 0 Å². The fourth-order valence-electron chi connectivity index (χ4n) is 3.60. The van der Waals surface area contributed by atoms with Crippen molar-refractivity contribution in [1.29, 1.82) is 0 Å². The smallest absolute Gasteiger partial charge is 0.392 e. The first-order valence-electron chi connectivity index (χ1n) is 12.7. The molecule has 0 fully saturated rings. The lowest BCUT2D eigenvalue weighted by Crippen LogP contribution is -2.23. The zero-order valence-corrected chi connectivity index (χ0v) is 20.6. The van der Waals surface area contributed by atoms with E-state index in [0.29, 0.717) is 13.2 Å². The van der Waals surface area contributed by atoms with Crippen molar-refractivity contribution in [2.75, 3.05) is 13.2 Å². The lowest BCUT2D eigenvalue weighted by Gasteiger charge is -2.11. The normalized spacial score (nSPS) is 11.6. The quantitative estimate of drug-likeness (QED) is 0.130. The van der Waals surface area contributed by atoms with Gasteiger partial charge in [-0.2, -0.15) is 0 Å². The largest absolute Gasteiger partial charge is 0.481 e. The molecule has 0 unspecified atom stereocenters. The third-order valence-electron chi connectivity index (χ3n) is 5.52. The van der Waals surface area contributed by atoms with Crippen LogP contribution in [0.25, 0.3) is 0 Å². The third kappa shape index (κ3) is 24.1. The van der Waals surface area contributed by atoms with Gasteiger partial charge in [0.15, 0.2) is 0 Å². The fourth-order valence-corrected chi connectivity index (χ4v) is 4.43. The maximum Gasteiger partial charge on any atom is 0.481 e. The standard InChI is InChI=1S/C24H52O3Si/c1-3-5-7-9-11-13-15-17-19-21-23-26-28(25)27-24-22-20-18-16-14-12-10-8-6-4-2/h25,28H,3-24H2,1-2H3. The Kier molecular flexibility index (Phi) is 25.2. The highest BCUT2D eigenvalue weighted by molar-refractivity contribution is 6.34. The van der Waals surface area contributed by atoms with Crippen molar-refractivity contribution < 1.29 is 13.6 Å². The van der Waals surface area contributed by atoms with E-state index in [2.05, 4.69) is 13.8 Å². The topological polar surface area (TPSA) is 38.7 Å². The third-order valence-corrected chi connectivity index (χ3v) is 6.56. The Hall–Kier alpha value is 0.0969. The predicted molar refractivity (Wildman–Crippen MR) is 125 cm³/mol. The Morgan fingerprint density at radius 3 is 0.964 bits per heavy atom. The lowest BCUT2D eigenvalue weighted by atomic mass is 10.1. The van der Waals surface area contributed by atoms with Gasteiger partial charge in [-0.15, -0.1) is 0 Å². The minimum absolute atomic E-state index is 0.669. The van der Waals surface area contributed by atoms with Crippen molar-refractivity contribution in [3.63, 3.8) is 0 Å². The minimum atomic E-state index is -2.36. The van der Waals surface area contributed by atoms with Crippen molar-refractivity contribution in [2.24, 2.45) is 0 Å². The fraction of sp³-hybridized carbons (Fsp3) is 1.00. The highest BCUT2D eigenvalue weighted by Crippen LogP contribution is 2.11. The van der Waals surface area contributed by atoms with Crippen LogP contribution in [0, 0.1) is 0 Å². The Morgan fingerprint density at radius 1 is 0.429 bits per heavy atom. The van der Waals surface area contributed by atoms with Gasteiger partial charge in [0.05, 0.1) is 0 Å². The van der Waals surface area contributed by atoms with Gasteiger partial charge in [0, 0.05) is 13.2 Å². The number of unbranched alkanes of at least 4 members (excludes halogenated alkanes) is 18. The van der Waals surface area contributed by atoms with E-state index in [9.17, 15) is 4.80 Å². The van der Waals surface area contributed by atoms with Crippen molar-refractivity contribution in [3.8, 4) is 0 Å². The maximum atomic E-state index is 9.83. The van der Waals surface area contributed by atoms with E-state index < -0.39 is 9.53 Å². The van der Waals surface area contributed by atoms with E-state index >= 15 is 0 Å². The van der Waals surface area contributed by atoms with Gasteiger partial charge in [-0.1, -0.05) is 129 Å². The van der Waals surface area contributed by atoms with Gasteiger partial charge in [0.2, 0.25) is 0 Å². The van der Waals surface area contributed by atoms with E-state index in [4.69, 9.17) is 8.85 Å². The van der Waals surface area contributed by atoms with Crippen LogP contribution < -0.4 is 0 Å². The van der Waals surface area contributed by atoms with Gasteiger partial charge in [-0.3, -0.25) is 0 Å². The molecule has 4 heteroatoms. The van der Waals surface area contributed by atoms with Crippen LogP contribution in [0.2, 0.25) is 0 Å². The Labute approximate surface area is 179 Å². The molecule has 170 valence electrons. The van der Waals surface area contributed by atoms with E-state index in [-0.39, 0.29) is 0 Å². The van der Waals surface area contributed by atoms with Gasteiger partial charge < -0.3 is 13.6 Å². The van der Waals surface area contributed by atoms with E-state index in [1.54, 1.807) is 0 Å². The summed E-state index contributed by atoms with van der Waals surface area (Å²) in [5, 5.41) is 0. The number of rotatable bonds is 24. The van der Waals surface area contributed by atoms with Crippen LogP contribution in [0.3, 0.4) is 0 Å². The molecule has 0 amide bonds. The van der Waals surface area contributed by atoms with Gasteiger partial charge in [0.25, 0.3) is 0 Å². The zero-order chi connectivity index (χ0) is 20.5. The molecule has 0 spiro atoms. The van der Waals surface area contributed by atoms with Crippen molar-refractivity contribution in [3.05, 3.63) is 0 Å². The summed E-state index contributed by atoms with van der Waals surface area (Å²) in [5.74, 6) is 0. The molecule has 0 atom stereocenters. The summed E-state index contributed by atoms with van der Waals surface area (Å²) in [6.45, 7) is 5.87. The molecular weight excluding hydrogens is 364 g/mol. The second-order valence-corrected chi connectivity index (χ2v) is 9.69. The van der Waals surface area contributed by atoms with E-state index in [1.165, 1.54) is 116 Å². The van der Waals surface area contributed by atoms with Crippen LogP contribution in [0.1, 0.15) is 142 Å². The molecule has 0 bridgehead atoms. The molecular formula is C24H52O3Si. The van der Waals surface area contributed by atoms with E-state index in [0.717, 1.165) is 12.8 Å². The SMILES string of the molecule is CCCCCCCCCCCCO[SiH](O)OCCCCCCCCCCCC. The molecule has 0 aliphatic carbocycles. The Bertz CT molecular complexity index is 251. The van der Waals surface area contributed by atoms with Crippen molar-refractivity contribution >= 4 is 9.53 Å². The van der Waals surface area contributed by atoms with Crippen LogP contribution in [0.5, 0.6) is 0 Å². The van der Waals surface area contributed by atoms with E-state index in [1.807, 2.05) is 0 Å². The first kappa shape index (κ1) is 28.1. The molecule has 0 aliphatic heterocycles. The molecule has 28 heavy (non-hydrogen) atoms. The monoisotopic (exact) mass is 416 g/mol. The van der Waals surface area contributed by atoms with Gasteiger partial charge in [-0.25, -0.2) is 0 Å². The highest BCUT2D eigenvalue weighted by Gasteiger charge is 2.08. The molecule has 0 rings (SSSR count). The Balaban J connectivity index is 3.12. The summed E-state index contributed by atoms with van der Waals surface area (Å²) >= 11 is 0. The van der Waals surface area contributed by atoms with Crippen LogP contribution in [-0.4, -0.2) is 27.5 Å². The molecule has 0 aliphatic rings. The van der Waals surface area contributed by atoms with Crippen molar-refractivity contribution in [2.45, 2.75) is 142 Å². The maximum absolute atomic E-state index is 9.83. The molecule has 1 N–H and O–H groups in total. The summed E-state index contributed by atoms with van der Waals surface area (Å²) in [5.41, 5.74) is 0. The minimum Gasteiger partial charge on any atom is -0.392 e. The number of hydrogen-bond donors (Lipinski definition) is 1. The van der Waals surface area contributed by atoms with Crippen LogP contribution in [-0.2, 0) is 8.85 Å². The van der Waals surface area contributed by atoms with Crippen LogP contribution in [0.4, 0.5) is 0 Å². The zero-order valence-electron chi connectivity index (χ0n) is 19.4. The molecule has 0 aromatic carbocycles. The van der Waals surface area contributed by atoms with Gasteiger partial charge in [0.1, 0.15) is 0 Å². The first-order chi connectivity index (χ1) is 13.8. The summed E-state index contributed by atoms with van der Waals surface area (Å²) < 4.78 is 11.0. The molecule has 0 aromatic heterocycles. The van der Waals surface area contributed by atoms with Gasteiger partial charge in [-0.05, 0) is 12.8 Å². The molecule has 0 heterocycles. The second-order valence-electron chi connectivity index (χ2n) is 8.41. The molecule has 0 saturated carbocycles. The predicted octanol–water partition coefficient (Wildman–Crippen LogP) is 7.57. The van der Waals surface area contributed by atoms with Crippen LogP contribution >= 0.6 is 0 Å². The number of hydrogen-bond acceptors (Lipinski definition) is 3. The molecule has 0 aromatic rings. The van der Waals surface area contributed by atoms with Crippen molar-refractivity contribution in [1.82, 2.24) is 0 Å². The molecule has 3 nitrogen and oxygen atoms in total. The second kappa shape index (κ2) is 25.1. The lowest BCUT2D eigenvalue weighted by molar-refractivity contribution is 0.128. The summed E-state index contributed by atoms with van der Waals surface area (Å²) in [6.07, 6.45) is 26.5. The average Bonchev–Trinajstić information content (AvgIpc) is 2.70. The first-order valence-corrected chi connectivity index (χ1v) is 14.2. The summed E-state index contributed by atoms with van der Waals surface area (Å²) in [7, 11) is -2.36. The highest BCUT2D eigenvalue weighted by atomic mass is 28.3. The summed E-state index contributed by atoms with van der Waals surface area (Å²) in [6, 6.07) is 0. The Morgan fingerprint density at radius 2 is 0.679 bits per heavy atom. The van der Waals surface area contributed by atoms with Gasteiger partial charge >= 0.3 is 9.53 Å². The average molecular weight is 417 g/mol. The molecule has 0 saturated heterocycles. The molecule has 0 radical (unpaired) electrons. The summed E-state index contributed by atoms with van der Waals surface area (Å²) in [4.78, 5) is 9.83.